The maximum Gasteiger partial charge on any atom is 0.341 e. The van der Waals surface area contributed by atoms with Crippen LogP contribution in [-0.4, -0.2) is 22.2 Å². The molecule has 2 aliphatic carbocycles. The van der Waals surface area contributed by atoms with Gasteiger partial charge in [-0.3, -0.25) is 4.79 Å². The second-order valence-electron chi connectivity index (χ2n) is 8.22. The van der Waals surface area contributed by atoms with Crippen molar-refractivity contribution in [3.05, 3.63) is 44.7 Å². The monoisotopic (exact) mass is 431 g/mol. The van der Waals surface area contributed by atoms with Crippen molar-refractivity contribution in [1.82, 2.24) is 4.57 Å². The first-order valence-corrected chi connectivity index (χ1v) is 11.4. The molecule has 1 atom stereocenters. The molecule has 2 saturated carbocycles. The third-order valence-corrected chi connectivity index (χ3v) is 7.63. The number of benzene rings is 1. The molecule has 5 nitrogen and oxygen atoms in total. The van der Waals surface area contributed by atoms with E-state index in [1.807, 2.05) is 19.1 Å². The lowest BCUT2D eigenvalue weighted by atomic mass is 9.86. The van der Waals surface area contributed by atoms with Gasteiger partial charge in [-0.05, 0) is 62.3 Å². The molecule has 0 saturated heterocycles. The van der Waals surface area contributed by atoms with E-state index in [0.717, 1.165) is 34.6 Å². The molecule has 2 aromatic rings. The summed E-state index contributed by atoms with van der Waals surface area (Å²) < 4.78 is 7.70. The molecule has 0 amide bonds. The third kappa shape index (κ3) is 3.26. The number of ether oxygens (including phenoxy) is 1. The third-order valence-electron chi connectivity index (χ3n) is 6.14. The summed E-state index contributed by atoms with van der Waals surface area (Å²) in [5.41, 5.74) is 2.01. The fourth-order valence-corrected chi connectivity index (χ4v) is 5.50. The standard InChI is InChI=1S/C22H22ClNO4S/c1-11-14-7-16(22(26)27)21(25)24(13-5-6-13)20(14)15-8-17(23)18(9-19(15)29-11)28-10-12-3-2-4-12/h7-9,11-13H,2-6,10H2,1H3,(H,26,27). The molecule has 3 aliphatic rings. The van der Waals surface area contributed by atoms with E-state index in [-0.39, 0.29) is 16.9 Å². The van der Waals surface area contributed by atoms with Crippen molar-refractivity contribution in [2.75, 3.05) is 6.61 Å². The summed E-state index contributed by atoms with van der Waals surface area (Å²) in [4.78, 5) is 25.6. The van der Waals surface area contributed by atoms with Gasteiger partial charge in [0, 0.05) is 21.8 Å². The van der Waals surface area contributed by atoms with Crippen LogP contribution in [0, 0.1) is 5.92 Å². The van der Waals surface area contributed by atoms with Crippen LogP contribution in [0.5, 0.6) is 5.75 Å². The molecule has 0 radical (unpaired) electrons. The Bertz CT molecular complexity index is 1070. The molecule has 0 bridgehead atoms. The fraction of sp³-hybridized carbons (Fsp3) is 0.455. The van der Waals surface area contributed by atoms with Gasteiger partial charge >= 0.3 is 5.97 Å². The summed E-state index contributed by atoms with van der Waals surface area (Å²) in [6, 6.07) is 5.47. The Balaban J connectivity index is 1.64. The molecule has 2 heterocycles. The lowest BCUT2D eigenvalue weighted by Gasteiger charge is -2.29. The zero-order valence-electron chi connectivity index (χ0n) is 16.1. The fourth-order valence-electron chi connectivity index (χ4n) is 4.13. The number of halogens is 1. The zero-order valence-corrected chi connectivity index (χ0v) is 17.7. The topological polar surface area (TPSA) is 68.5 Å². The smallest absolute Gasteiger partial charge is 0.341 e. The van der Waals surface area contributed by atoms with E-state index in [1.54, 1.807) is 22.4 Å². The van der Waals surface area contributed by atoms with E-state index in [9.17, 15) is 14.7 Å². The summed E-state index contributed by atoms with van der Waals surface area (Å²) >= 11 is 8.21. The SMILES string of the molecule is CC1Sc2cc(OCC3CCC3)c(Cl)cc2-c2c1cc(C(=O)O)c(=O)n2C1CC1. The number of carboxylic acids is 1. The largest absolute Gasteiger partial charge is 0.492 e. The summed E-state index contributed by atoms with van der Waals surface area (Å²) in [5.74, 6) is 0.125. The number of carboxylic acid groups (broad SMARTS) is 1. The highest BCUT2D eigenvalue weighted by Crippen LogP contribution is 2.52. The minimum atomic E-state index is -1.17. The van der Waals surface area contributed by atoms with Gasteiger partial charge in [-0.1, -0.05) is 18.0 Å². The highest BCUT2D eigenvalue weighted by molar-refractivity contribution is 7.99. The van der Waals surface area contributed by atoms with E-state index in [0.29, 0.717) is 23.3 Å². The van der Waals surface area contributed by atoms with Crippen LogP contribution in [0.2, 0.25) is 5.02 Å². The van der Waals surface area contributed by atoms with Crippen molar-refractivity contribution in [1.29, 1.82) is 0 Å². The summed E-state index contributed by atoms with van der Waals surface area (Å²) in [5, 5.41) is 10.1. The predicted molar refractivity (Wildman–Crippen MR) is 113 cm³/mol. The summed E-state index contributed by atoms with van der Waals surface area (Å²) in [6.45, 7) is 2.73. The molecule has 152 valence electrons. The van der Waals surface area contributed by atoms with Crippen molar-refractivity contribution in [2.45, 2.75) is 55.2 Å². The Kier molecular flexibility index (Phi) is 4.67. The first kappa shape index (κ1) is 19.1. The van der Waals surface area contributed by atoms with Gasteiger partial charge in [0.15, 0.2) is 0 Å². The number of fused-ring (bicyclic) bond motifs is 3. The molecule has 5 rings (SSSR count). The second kappa shape index (κ2) is 7.10. The number of nitrogens with zero attached hydrogens (tertiary/aromatic N) is 1. The molecule has 1 aromatic heterocycles. The van der Waals surface area contributed by atoms with Crippen molar-refractivity contribution in [3.8, 4) is 17.0 Å². The predicted octanol–water partition coefficient (Wildman–Crippen LogP) is 5.55. The average molecular weight is 432 g/mol. The van der Waals surface area contributed by atoms with Crippen molar-refractivity contribution >= 4 is 29.3 Å². The van der Waals surface area contributed by atoms with Crippen molar-refractivity contribution in [2.24, 2.45) is 5.92 Å². The highest BCUT2D eigenvalue weighted by atomic mass is 35.5. The molecule has 1 N–H and O–H groups in total. The van der Waals surface area contributed by atoms with Gasteiger partial charge in [0.2, 0.25) is 0 Å². The molecule has 0 spiro atoms. The normalized spacial score (nSPS) is 20.6. The van der Waals surface area contributed by atoms with Gasteiger partial charge < -0.3 is 14.4 Å². The number of hydrogen-bond donors (Lipinski definition) is 1. The molecule has 1 unspecified atom stereocenters. The Morgan fingerprint density at radius 2 is 2.03 bits per heavy atom. The first-order chi connectivity index (χ1) is 13.9. The molecular formula is C22H22ClNO4S. The van der Waals surface area contributed by atoms with Crippen LogP contribution in [0.1, 0.15) is 66.2 Å². The van der Waals surface area contributed by atoms with E-state index >= 15 is 0 Å². The van der Waals surface area contributed by atoms with E-state index in [1.165, 1.54) is 19.3 Å². The van der Waals surface area contributed by atoms with Crippen LogP contribution in [0.15, 0.2) is 27.9 Å². The number of pyridine rings is 1. The average Bonchev–Trinajstić information content (AvgIpc) is 3.46. The number of aromatic nitrogens is 1. The maximum absolute atomic E-state index is 13.0. The number of thioether (sulfide) groups is 1. The zero-order chi connectivity index (χ0) is 20.3. The van der Waals surface area contributed by atoms with Crippen LogP contribution < -0.4 is 10.3 Å². The number of rotatable bonds is 5. The number of aromatic carboxylic acids is 1. The van der Waals surface area contributed by atoms with Gasteiger partial charge in [0.25, 0.3) is 5.56 Å². The van der Waals surface area contributed by atoms with Gasteiger partial charge in [-0.2, -0.15) is 0 Å². The Morgan fingerprint density at radius 3 is 2.66 bits per heavy atom. The molecule has 1 aliphatic heterocycles. The van der Waals surface area contributed by atoms with E-state index < -0.39 is 11.5 Å². The van der Waals surface area contributed by atoms with Crippen molar-refractivity contribution in [3.63, 3.8) is 0 Å². The lowest BCUT2D eigenvalue weighted by molar-refractivity contribution is 0.0694. The molecule has 29 heavy (non-hydrogen) atoms. The Hall–Kier alpha value is -1.92. The molecule has 1 aromatic carbocycles. The van der Waals surface area contributed by atoms with Crippen LogP contribution in [0.3, 0.4) is 0 Å². The minimum Gasteiger partial charge on any atom is -0.492 e. The summed E-state index contributed by atoms with van der Waals surface area (Å²) in [6.07, 6.45) is 5.47. The number of hydrogen-bond acceptors (Lipinski definition) is 4. The minimum absolute atomic E-state index is 0.0295. The number of carbonyl (C=O) groups is 1. The Morgan fingerprint density at radius 1 is 1.28 bits per heavy atom. The van der Waals surface area contributed by atoms with E-state index in [2.05, 4.69) is 0 Å². The maximum atomic E-state index is 13.0. The summed E-state index contributed by atoms with van der Waals surface area (Å²) in [7, 11) is 0. The Labute approximate surface area is 178 Å². The van der Waals surface area contributed by atoms with Crippen LogP contribution in [0.4, 0.5) is 0 Å². The first-order valence-electron chi connectivity index (χ1n) is 10.1. The quantitative estimate of drug-likeness (QED) is 0.672. The van der Waals surface area contributed by atoms with Crippen LogP contribution >= 0.6 is 23.4 Å². The van der Waals surface area contributed by atoms with Crippen LogP contribution in [0.25, 0.3) is 11.3 Å². The highest BCUT2D eigenvalue weighted by Gasteiger charge is 2.35. The second-order valence-corrected chi connectivity index (χ2v) is 10.0. The van der Waals surface area contributed by atoms with Crippen LogP contribution in [-0.2, 0) is 0 Å². The van der Waals surface area contributed by atoms with Gasteiger partial charge in [0.05, 0.1) is 17.3 Å². The lowest BCUT2D eigenvalue weighted by Crippen LogP contribution is -2.29. The van der Waals surface area contributed by atoms with E-state index in [4.69, 9.17) is 16.3 Å². The van der Waals surface area contributed by atoms with Gasteiger partial charge in [0.1, 0.15) is 11.3 Å². The molecule has 2 fully saturated rings. The molecule has 7 heteroatoms. The van der Waals surface area contributed by atoms with Crippen molar-refractivity contribution < 1.29 is 14.6 Å². The molecular weight excluding hydrogens is 410 g/mol. The van der Waals surface area contributed by atoms with Gasteiger partial charge in [-0.25, -0.2) is 4.79 Å². The van der Waals surface area contributed by atoms with Gasteiger partial charge in [-0.15, -0.1) is 11.8 Å².